The van der Waals surface area contributed by atoms with E-state index >= 15 is 0 Å². The average molecular weight is 193 g/mol. The van der Waals surface area contributed by atoms with Gasteiger partial charge in [0.25, 0.3) is 0 Å². The van der Waals surface area contributed by atoms with Crippen LogP contribution in [0.15, 0.2) is 0 Å². The molecule has 1 nitrogen and oxygen atoms in total. The Balaban J connectivity index is 1.87. The van der Waals surface area contributed by atoms with Crippen LogP contribution in [0.2, 0.25) is 0 Å². The van der Waals surface area contributed by atoms with Gasteiger partial charge >= 0.3 is 0 Å². The molecule has 1 rings (SSSR count). The number of nitrogens with one attached hydrogen (secondary N) is 1. The summed E-state index contributed by atoms with van der Waals surface area (Å²) >= 11 is 0. The molecule has 0 spiro atoms. The second kappa shape index (κ2) is 6.90. The van der Waals surface area contributed by atoms with Gasteiger partial charge in [-0.3, -0.25) is 0 Å². The largest absolute Gasteiger partial charge is 0.314 e. The molecule has 0 amide bonds. The summed E-state index contributed by atoms with van der Waals surface area (Å²) in [7, 11) is 0. The molecule has 1 heteroatoms. The predicted octanol–water partition coefficient (Wildman–Crippen LogP) is 2.96. The zero-order valence-corrected chi connectivity index (χ0v) is 9.39. The van der Waals surface area contributed by atoms with Crippen molar-refractivity contribution < 1.29 is 0 Å². The van der Waals surface area contributed by atoms with Crippen LogP contribution in [0.4, 0.5) is 0 Å². The van der Waals surface area contributed by atoms with Crippen molar-refractivity contribution >= 4 is 0 Å². The lowest BCUT2D eigenvalue weighted by Gasteiger charge is -2.28. The number of unbranched alkanes of at least 4 members (excludes halogenated alkanes) is 2. The smallest absolute Gasteiger partial charge is 0.00865 e. The minimum absolute atomic E-state index is 0.700. The molecule has 1 unspecified atom stereocenters. The lowest BCUT2D eigenvalue weighted by atomic mass is 9.81. The second-order valence-corrected chi connectivity index (χ2v) is 4.55. The molecule has 1 fully saturated rings. The minimum atomic E-state index is 0.700. The zero-order chi connectivity index (χ0) is 10.2. The first-order valence-corrected chi connectivity index (χ1v) is 5.99. The Morgan fingerprint density at radius 3 is 2.79 bits per heavy atom. The molecule has 1 aliphatic rings. The topological polar surface area (TPSA) is 12.0 Å². The molecular formula is C13H23N. The van der Waals surface area contributed by atoms with Gasteiger partial charge in [-0.2, -0.15) is 0 Å². The van der Waals surface area contributed by atoms with Gasteiger partial charge in [-0.1, -0.05) is 19.3 Å². The van der Waals surface area contributed by atoms with Crippen LogP contribution in [-0.2, 0) is 0 Å². The SMILES string of the molecule is C#CCCCCNC(C)CC1CCC1. The zero-order valence-electron chi connectivity index (χ0n) is 9.39. The first-order chi connectivity index (χ1) is 6.83. The van der Waals surface area contributed by atoms with E-state index in [0.717, 1.165) is 18.9 Å². The summed E-state index contributed by atoms with van der Waals surface area (Å²) in [6.45, 7) is 3.44. The summed E-state index contributed by atoms with van der Waals surface area (Å²) < 4.78 is 0. The first-order valence-electron chi connectivity index (χ1n) is 5.99. The fourth-order valence-corrected chi connectivity index (χ4v) is 2.01. The number of hydrogen-bond donors (Lipinski definition) is 1. The van der Waals surface area contributed by atoms with E-state index in [-0.39, 0.29) is 0 Å². The van der Waals surface area contributed by atoms with Crippen molar-refractivity contribution in [3.05, 3.63) is 0 Å². The highest BCUT2D eigenvalue weighted by atomic mass is 14.9. The number of rotatable bonds is 7. The quantitative estimate of drug-likeness (QED) is 0.484. The van der Waals surface area contributed by atoms with Crippen molar-refractivity contribution in [1.29, 1.82) is 0 Å². The predicted molar refractivity (Wildman–Crippen MR) is 62.1 cm³/mol. The molecular weight excluding hydrogens is 170 g/mol. The van der Waals surface area contributed by atoms with Gasteiger partial charge in [0.1, 0.15) is 0 Å². The Morgan fingerprint density at radius 2 is 2.21 bits per heavy atom. The number of terminal acetylenes is 1. The molecule has 0 radical (unpaired) electrons. The van der Waals surface area contributed by atoms with Crippen molar-refractivity contribution in [1.82, 2.24) is 5.32 Å². The molecule has 14 heavy (non-hydrogen) atoms. The normalized spacial score (nSPS) is 18.6. The molecule has 0 aliphatic heterocycles. The highest BCUT2D eigenvalue weighted by Gasteiger charge is 2.19. The van der Waals surface area contributed by atoms with Crippen molar-refractivity contribution in [2.24, 2.45) is 5.92 Å². The van der Waals surface area contributed by atoms with Crippen LogP contribution in [0.5, 0.6) is 0 Å². The maximum absolute atomic E-state index is 5.19. The maximum atomic E-state index is 5.19. The molecule has 0 saturated heterocycles. The van der Waals surface area contributed by atoms with E-state index < -0.39 is 0 Å². The molecule has 1 aliphatic carbocycles. The third-order valence-corrected chi connectivity index (χ3v) is 3.15. The summed E-state index contributed by atoms with van der Waals surface area (Å²) in [6.07, 6.45) is 14.3. The maximum Gasteiger partial charge on any atom is 0.00865 e. The van der Waals surface area contributed by atoms with E-state index in [1.165, 1.54) is 38.5 Å². The third kappa shape index (κ3) is 4.67. The summed E-state index contributed by atoms with van der Waals surface area (Å²) in [5.74, 6) is 3.70. The molecule has 1 N–H and O–H groups in total. The standard InChI is InChI=1S/C13H23N/c1-3-4-5-6-10-14-12(2)11-13-8-7-9-13/h1,12-14H,4-11H2,2H3. The molecule has 0 heterocycles. The highest BCUT2D eigenvalue weighted by molar-refractivity contribution is 4.83. The van der Waals surface area contributed by atoms with Crippen molar-refractivity contribution in [2.45, 2.75) is 57.9 Å². The fraction of sp³-hybridized carbons (Fsp3) is 0.846. The van der Waals surface area contributed by atoms with Gasteiger partial charge in [0.2, 0.25) is 0 Å². The van der Waals surface area contributed by atoms with Gasteiger partial charge in [-0.15, -0.1) is 12.3 Å². The Kier molecular flexibility index (Phi) is 5.71. The van der Waals surface area contributed by atoms with Crippen LogP contribution in [0.1, 0.15) is 51.9 Å². The van der Waals surface area contributed by atoms with Crippen LogP contribution >= 0.6 is 0 Å². The Labute approximate surface area is 88.7 Å². The van der Waals surface area contributed by atoms with Gasteiger partial charge in [0.05, 0.1) is 0 Å². The van der Waals surface area contributed by atoms with Crippen LogP contribution < -0.4 is 5.32 Å². The summed E-state index contributed by atoms with van der Waals surface area (Å²) in [4.78, 5) is 0. The Hall–Kier alpha value is -0.480. The molecule has 0 aromatic rings. The van der Waals surface area contributed by atoms with Crippen molar-refractivity contribution in [3.8, 4) is 12.3 Å². The van der Waals surface area contributed by atoms with Gasteiger partial charge in [0.15, 0.2) is 0 Å². The Morgan fingerprint density at radius 1 is 1.43 bits per heavy atom. The van der Waals surface area contributed by atoms with Crippen LogP contribution in [0.25, 0.3) is 0 Å². The minimum Gasteiger partial charge on any atom is -0.314 e. The summed E-state index contributed by atoms with van der Waals surface area (Å²) in [5, 5.41) is 3.57. The lowest BCUT2D eigenvalue weighted by molar-refractivity contribution is 0.266. The molecule has 0 aromatic heterocycles. The van der Waals surface area contributed by atoms with Gasteiger partial charge < -0.3 is 5.32 Å². The number of hydrogen-bond acceptors (Lipinski definition) is 1. The van der Waals surface area contributed by atoms with E-state index in [0.29, 0.717) is 6.04 Å². The van der Waals surface area contributed by atoms with Crippen molar-refractivity contribution in [2.75, 3.05) is 6.54 Å². The van der Waals surface area contributed by atoms with Gasteiger partial charge in [-0.25, -0.2) is 0 Å². The first kappa shape index (κ1) is 11.6. The third-order valence-electron chi connectivity index (χ3n) is 3.15. The van der Waals surface area contributed by atoms with E-state index in [1.807, 2.05) is 0 Å². The van der Waals surface area contributed by atoms with Gasteiger partial charge in [0, 0.05) is 12.5 Å². The second-order valence-electron chi connectivity index (χ2n) is 4.55. The van der Waals surface area contributed by atoms with E-state index in [2.05, 4.69) is 18.2 Å². The monoisotopic (exact) mass is 193 g/mol. The van der Waals surface area contributed by atoms with Crippen LogP contribution in [-0.4, -0.2) is 12.6 Å². The van der Waals surface area contributed by atoms with E-state index in [4.69, 9.17) is 6.42 Å². The van der Waals surface area contributed by atoms with Crippen LogP contribution in [0, 0.1) is 18.3 Å². The molecule has 80 valence electrons. The molecule has 1 saturated carbocycles. The summed E-state index contributed by atoms with van der Waals surface area (Å²) in [5.41, 5.74) is 0. The Bertz CT molecular complexity index is 176. The summed E-state index contributed by atoms with van der Waals surface area (Å²) in [6, 6.07) is 0.700. The van der Waals surface area contributed by atoms with Gasteiger partial charge in [-0.05, 0) is 38.6 Å². The lowest BCUT2D eigenvalue weighted by Crippen LogP contribution is -2.30. The molecule has 0 aromatic carbocycles. The molecule has 0 bridgehead atoms. The van der Waals surface area contributed by atoms with E-state index in [1.54, 1.807) is 0 Å². The van der Waals surface area contributed by atoms with Crippen LogP contribution in [0.3, 0.4) is 0 Å². The average Bonchev–Trinajstić information content (AvgIpc) is 2.11. The van der Waals surface area contributed by atoms with Crippen molar-refractivity contribution in [3.63, 3.8) is 0 Å². The fourth-order valence-electron chi connectivity index (χ4n) is 2.01. The highest BCUT2D eigenvalue weighted by Crippen LogP contribution is 2.30. The van der Waals surface area contributed by atoms with E-state index in [9.17, 15) is 0 Å². The molecule has 1 atom stereocenters.